The number of hydrogen-bond donors (Lipinski definition) is 1. The lowest BCUT2D eigenvalue weighted by molar-refractivity contribution is 0.598. The molecule has 0 atom stereocenters. The molecule has 0 aliphatic rings. The highest BCUT2D eigenvalue weighted by atomic mass is 32.2. The summed E-state index contributed by atoms with van der Waals surface area (Å²) in [7, 11) is -3.80. The second-order valence-corrected chi connectivity index (χ2v) is 10.2. The van der Waals surface area contributed by atoms with Gasteiger partial charge in [-0.1, -0.05) is 36.0 Å². The van der Waals surface area contributed by atoms with Crippen molar-refractivity contribution >= 4 is 33.1 Å². The zero-order valence-corrected chi connectivity index (χ0v) is 17.7. The third kappa shape index (κ3) is 4.59. The molecule has 0 unspecified atom stereocenters. The summed E-state index contributed by atoms with van der Waals surface area (Å²) in [5.74, 6) is -0.663. The van der Waals surface area contributed by atoms with Gasteiger partial charge in [-0.2, -0.15) is 0 Å². The predicted octanol–water partition coefficient (Wildman–Crippen LogP) is 5.55. The molecular weight excluding hydrogens is 446 g/mol. The minimum Gasteiger partial charge on any atom is -0.229 e. The Hall–Kier alpha value is -2.59. The van der Waals surface area contributed by atoms with Gasteiger partial charge in [0.1, 0.15) is 11.6 Å². The molecule has 0 saturated heterocycles. The molecule has 0 saturated carbocycles. The Morgan fingerprint density at radius 2 is 1.33 bits per heavy atom. The average Bonchev–Trinajstić information content (AvgIpc) is 3.13. The second-order valence-electron chi connectivity index (χ2n) is 6.29. The monoisotopic (exact) mass is 460 g/mol. The topological polar surface area (TPSA) is 73.1 Å². The van der Waals surface area contributed by atoms with Gasteiger partial charge in [-0.3, -0.25) is 0 Å². The molecule has 30 heavy (non-hydrogen) atoms. The zero-order valence-electron chi connectivity index (χ0n) is 15.2. The van der Waals surface area contributed by atoms with E-state index in [1.807, 2.05) is 0 Å². The number of sulfonamides is 1. The van der Waals surface area contributed by atoms with Crippen LogP contribution in [0, 0.1) is 11.6 Å². The zero-order chi connectivity index (χ0) is 21.3. The van der Waals surface area contributed by atoms with Crippen LogP contribution in [0.4, 0.5) is 8.78 Å². The quantitative estimate of drug-likeness (QED) is 0.424. The van der Waals surface area contributed by atoms with Crippen LogP contribution in [0.3, 0.4) is 0 Å². The highest BCUT2D eigenvalue weighted by Crippen LogP contribution is 2.42. The van der Waals surface area contributed by atoms with Gasteiger partial charge in [0.2, 0.25) is 10.0 Å². The molecule has 4 nitrogen and oxygen atoms in total. The van der Waals surface area contributed by atoms with E-state index in [1.54, 1.807) is 36.4 Å². The molecule has 152 valence electrons. The molecule has 1 aromatic heterocycles. The van der Waals surface area contributed by atoms with Crippen molar-refractivity contribution < 1.29 is 17.2 Å². The molecule has 0 amide bonds. The van der Waals surface area contributed by atoms with E-state index < -0.39 is 10.0 Å². The van der Waals surface area contributed by atoms with Gasteiger partial charge < -0.3 is 0 Å². The summed E-state index contributed by atoms with van der Waals surface area (Å²) in [5, 5.41) is 5.17. The fourth-order valence-corrected chi connectivity index (χ4v) is 5.40. The van der Waals surface area contributed by atoms with Crippen LogP contribution >= 0.6 is 23.1 Å². The van der Waals surface area contributed by atoms with Crippen LogP contribution in [0.2, 0.25) is 0 Å². The van der Waals surface area contributed by atoms with Gasteiger partial charge in [-0.05, 0) is 54.1 Å². The molecule has 0 spiro atoms. The maximum atomic E-state index is 13.4. The predicted molar refractivity (Wildman–Crippen MR) is 115 cm³/mol. The van der Waals surface area contributed by atoms with Crippen molar-refractivity contribution in [1.29, 1.82) is 0 Å². The van der Waals surface area contributed by atoms with Gasteiger partial charge in [-0.15, -0.1) is 11.3 Å². The maximum absolute atomic E-state index is 13.4. The van der Waals surface area contributed by atoms with Crippen LogP contribution in [-0.4, -0.2) is 13.4 Å². The lowest BCUT2D eigenvalue weighted by Crippen LogP contribution is -2.11. The van der Waals surface area contributed by atoms with Gasteiger partial charge >= 0.3 is 0 Å². The first-order valence-electron chi connectivity index (χ1n) is 8.63. The summed E-state index contributed by atoms with van der Waals surface area (Å²) < 4.78 is 50.3. The number of rotatable bonds is 5. The number of thiazole rings is 1. The van der Waals surface area contributed by atoms with E-state index in [0.29, 0.717) is 15.6 Å². The summed E-state index contributed by atoms with van der Waals surface area (Å²) in [4.78, 5) is 6.34. The maximum Gasteiger partial charge on any atom is 0.238 e. The SMILES string of the molecule is NS(=O)(=O)c1ccc(-c2nc(Sc3ccc(F)cc3)sc2-c2ccc(F)cc2)cc1. The fourth-order valence-electron chi connectivity index (χ4n) is 2.74. The average molecular weight is 461 g/mol. The van der Waals surface area contributed by atoms with Crippen molar-refractivity contribution in [2.24, 2.45) is 5.14 Å². The minimum atomic E-state index is -3.80. The lowest BCUT2D eigenvalue weighted by atomic mass is 10.1. The highest BCUT2D eigenvalue weighted by Gasteiger charge is 2.17. The third-order valence-corrected chi connectivity index (χ3v) is 7.29. The number of benzene rings is 3. The van der Waals surface area contributed by atoms with Crippen molar-refractivity contribution in [3.05, 3.63) is 84.4 Å². The lowest BCUT2D eigenvalue weighted by Gasteiger charge is -2.04. The Morgan fingerprint density at radius 3 is 1.90 bits per heavy atom. The number of nitrogens with zero attached hydrogens (tertiary/aromatic N) is 1. The molecule has 4 aromatic rings. The van der Waals surface area contributed by atoms with E-state index in [9.17, 15) is 17.2 Å². The van der Waals surface area contributed by atoms with Crippen LogP contribution in [0.25, 0.3) is 21.7 Å². The van der Waals surface area contributed by atoms with Gasteiger partial charge in [0.15, 0.2) is 4.34 Å². The van der Waals surface area contributed by atoms with E-state index in [2.05, 4.69) is 0 Å². The number of primary sulfonamides is 1. The van der Waals surface area contributed by atoms with E-state index in [0.717, 1.165) is 15.3 Å². The standard InChI is InChI=1S/C21H14F2N2O2S3/c22-15-5-1-14(2-6-15)20-19(13-3-11-18(12-4-13)30(24,26)27)25-21(29-20)28-17-9-7-16(23)8-10-17/h1-12H,(H2,24,26,27). The molecule has 0 aliphatic carbocycles. The number of nitrogens with two attached hydrogens (primary N) is 1. The largest absolute Gasteiger partial charge is 0.238 e. The first kappa shape index (κ1) is 20.7. The molecule has 0 bridgehead atoms. The van der Waals surface area contributed by atoms with Gasteiger partial charge in [0, 0.05) is 10.5 Å². The number of halogens is 2. The summed E-state index contributed by atoms with van der Waals surface area (Å²) in [6.45, 7) is 0. The molecule has 2 N–H and O–H groups in total. The van der Waals surface area contributed by atoms with Crippen LogP contribution in [0.15, 0.2) is 86.9 Å². The molecular formula is C21H14F2N2O2S3. The van der Waals surface area contributed by atoms with Crippen LogP contribution in [0.5, 0.6) is 0 Å². The first-order valence-corrected chi connectivity index (χ1v) is 11.8. The Bertz CT molecular complexity index is 1290. The van der Waals surface area contributed by atoms with E-state index >= 15 is 0 Å². The van der Waals surface area contributed by atoms with Crippen LogP contribution in [0.1, 0.15) is 0 Å². The highest BCUT2D eigenvalue weighted by molar-refractivity contribution is 8.01. The van der Waals surface area contributed by atoms with Crippen LogP contribution < -0.4 is 5.14 Å². The first-order chi connectivity index (χ1) is 14.3. The van der Waals surface area contributed by atoms with Crippen molar-refractivity contribution in [3.63, 3.8) is 0 Å². The Kier molecular flexibility index (Phi) is 5.70. The number of aromatic nitrogens is 1. The van der Waals surface area contributed by atoms with Gasteiger partial charge in [0.05, 0.1) is 15.5 Å². The van der Waals surface area contributed by atoms with E-state index in [1.165, 1.54) is 59.5 Å². The molecule has 0 radical (unpaired) electrons. The van der Waals surface area contributed by atoms with Crippen molar-refractivity contribution in [3.8, 4) is 21.7 Å². The van der Waals surface area contributed by atoms with Gasteiger partial charge in [0.25, 0.3) is 0 Å². The molecule has 0 aliphatic heterocycles. The normalized spacial score (nSPS) is 11.6. The van der Waals surface area contributed by atoms with Gasteiger partial charge in [-0.25, -0.2) is 27.3 Å². The summed E-state index contributed by atoms with van der Waals surface area (Å²) >= 11 is 2.80. The third-order valence-electron chi connectivity index (χ3n) is 4.19. The van der Waals surface area contributed by atoms with Crippen LogP contribution in [-0.2, 0) is 10.0 Å². The smallest absolute Gasteiger partial charge is 0.229 e. The van der Waals surface area contributed by atoms with Crippen molar-refractivity contribution in [2.45, 2.75) is 14.1 Å². The summed E-state index contributed by atoms with van der Waals surface area (Å²) in [6, 6.07) is 18.3. The number of hydrogen-bond acceptors (Lipinski definition) is 5. The second kappa shape index (κ2) is 8.27. The summed E-state index contributed by atoms with van der Waals surface area (Å²) in [6.07, 6.45) is 0. The fraction of sp³-hybridized carbons (Fsp3) is 0. The molecule has 0 fully saturated rings. The molecule has 1 heterocycles. The van der Waals surface area contributed by atoms with Crippen molar-refractivity contribution in [2.75, 3.05) is 0 Å². The summed E-state index contributed by atoms with van der Waals surface area (Å²) in [5.41, 5.74) is 2.12. The Balaban J connectivity index is 1.78. The Morgan fingerprint density at radius 1 is 0.800 bits per heavy atom. The van der Waals surface area contributed by atoms with Crippen molar-refractivity contribution in [1.82, 2.24) is 4.98 Å². The molecule has 4 rings (SSSR count). The van der Waals surface area contributed by atoms with E-state index in [-0.39, 0.29) is 16.5 Å². The molecule has 9 heteroatoms. The Labute approximate surface area is 180 Å². The molecule has 3 aromatic carbocycles. The minimum absolute atomic E-state index is 0.00530. The van der Waals surface area contributed by atoms with E-state index in [4.69, 9.17) is 10.1 Å².